The van der Waals surface area contributed by atoms with Crippen LogP contribution in [-0.4, -0.2) is 19.6 Å². The summed E-state index contributed by atoms with van der Waals surface area (Å²) in [5.41, 5.74) is 6.03. The fraction of sp³-hybridized carbons (Fsp3) is 0.0435. The topological polar surface area (TPSA) is 83.5 Å². The Balaban J connectivity index is 1.64. The number of hydrazone groups is 1. The summed E-state index contributed by atoms with van der Waals surface area (Å²) in [6, 6.07) is 21.3. The first-order chi connectivity index (χ1) is 14.9. The number of aromatic nitrogens is 1. The molecular formula is C23H19ClN4O2S. The second kappa shape index (κ2) is 8.75. The van der Waals surface area contributed by atoms with Crippen LogP contribution in [-0.2, 0) is 10.0 Å². The lowest BCUT2D eigenvalue weighted by Gasteiger charge is -2.13. The highest BCUT2D eigenvalue weighted by Crippen LogP contribution is 2.28. The molecule has 0 fully saturated rings. The molecule has 6 nitrogen and oxygen atoms in total. The molecule has 0 atom stereocenters. The number of anilines is 2. The van der Waals surface area contributed by atoms with Crippen LogP contribution in [0.4, 0.5) is 11.4 Å². The van der Waals surface area contributed by atoms with Crippen molar-refractivity contribution in [2.75, 3.05) is 10.1 Å². The quantitative estimate of drug-likeness (QED) is 0.302. The van der Waals surface area contributed by atoms with Gasteiger partial charge in [0.25, 0.3) is 10.0 Å². The maximum absolute atomic E-state index is 13.1. The molecule has 0 unspecified atom stereocenters. The van der Waals surface area contributed by atoms with E-state index in [1.807, 2.05) is 43.3 Å². The number of halogens is 1. The van der Waals surface area contributed by atoms with Crippen molar-refractivity contribution in [3.05, 3.63) is 95.1 Å². The van der Waals surface area contributed by atoms with Crippen molar-refractivity contribution < 1.29 is 8.42 Å². The number of benzene rings is 3. The average Bonchev–Trinajstić information content (AvgIpc) is 2.76. The SMILES string of the molecule is Cc1ccc(N/N=C/c2ccnc3ccccc23)c(S(=O)(=O)Nc2ccccc2Cl)c1. The molecular weight excluding hydrogens is 432 g/mol. The van der Waals surface area contributed by atoms with E-state index in [1.54, 1.807) is 48.8 Å². The van der Waals surface area contributed by atoms with Gasteiger partial charge in [0.15, 0.2) is 0 Å². The number of aryl methyl sites for hydroxylation is 1. The number of hydrogen-bond donors (Lipinski definition) is 2. The van der Waals surface area contributed by atoms with Gasteiger partial charge >= 0.3 is 0 Å². The molecule has 0 bridgehead atoms. The third-order valence-electron chi connectivity index (χ3n) is 4.62. The van der Waals surface area contributed by atoms with E-state index in [4.69, 9.17) is 11.6 Å². The van der Waals surface area contributed by atoms with Crippen molar-refractivity contribution in [2.24, 2.45) is 5.10 Å². The van der Waals surface area contributed by atoms with E-state index in [1.165, 1.54) is 0 Å². The van der Waals surface area contributed by atoms with E-state index in [0.29, 0.717) is 16.4 Å². The molecule has 8 heteroatoms. The predicted octanol–water partition coefficient (Wildman–Crippen LogP) is 5.44. The largest absolute Gasteiger partial charge is 0.278 e. The molecule has 4 aromatic rings. The molecule has 0 aliphatic rings. The number of fused-ring (bicyclic) bond motifs is 1. The molecule has 4 rings (SSSR count). The second-order valence-electron chi connectivity index (χ2n) is 6.87. The lowest BCUT2D eigenvalue weighted by atomic mass is 10.1. The fourth-order valence-electron chi connectivity index (χ4n) is 3.09. The first kappa shape index (κ1) is 20.8. The summed E-state index contributed by atoms with van der Waals surface area (Å²) in [6.07, 6.45) is 3.35. The lowest BCUT2D eigenvalue weighted by molar-refractivity contribution is 0.601. The first-order valence-electron chi connectivity index (χ1n) is 9.45. The molecule has 1 aromatic heterocycles. The third-order valence-corrected chi connectivity index (χ3v) is 6.35. The molecule has 0 aliphatic heterocycles. The van der Waals surface area contributed by atoms with Crippen LogP contribution in [0.1, 0.15) is 11.1 Å². The van der Waals surface area contributed by atoms with Crippen LogP contribution in [0.5, 0.6) is 0 Å². The Morgan fingerprint density at radius 1 is 0.968 bits per heavy atom. The van der Waals surface area contributed by atoms with Crippen molar-refractivity contribution >= 4 is 50.1 Å². The smallest absolute Gasteiger partial charge is 0.264 e. The predicted molar refractivity (Wildman–Crippen MR) is 126 cm³/mol. The number of nitrogens with zero attached hydrogens (tertiary/aromatic N) is 2. The van der Waals surface area contributed by atoms with Gasteiger partial charge in [0.2, 0.25) is 0 Å². The van der Waals surface area contributed by atoms with E-state index in [-0.39, 0.29) is 4.90 Å². The number of nitrogens with one attached hydrogen (secondary N) is 2. The Hall–Kier alpha value is -3.42. The van der Waals surface area contributed by atoms with E-state index in [2.05, 4.69) is 20.2 Å². The highest BCUT2D eigenvalue weighted by molar-refractivity contribution is 7.93. The van der Waals surface area contributed by atoms with Crippen molar-refractivity contribution in [1.29, 1.82) is 0 Å². The third kappa shape index (κ3) is 4.68. The highest BCUT2D eigenvalue weighted by Gasteiger charge is 2.20. The van der Waals surface area contributed by atoms with Crippen molar-refractivity contribution in [1.82, 2.24) is 4.98 Å². The number of rotatable bonds is 6. The maximum Gasteiger partial charge on any atom is 0.264 e. The van der Waals surface area contributed by atoms with Crippen LogP contribution in [0.2, 0.25) is 5.02 Å². The molecule has 0 amide bonds. The van der Waals surface area contributed by atoms with E-state index in [9.17, 15) is 8.42 Å². The molecule has 2 N–H and O–H groups in total. The first-order valence-corrected chi connectivity index (χ1v) is 11.3. The summed E-state index contributed by atoms with van der Waals surface area (Å²) in [5.74, 6) is 0. The average molecular weight is 451 g/mol. The van der Waals surface area contributed by atoms with E-state index in [0.717, 1.165) is 22.0 Å². The molecule has 0 saturated heterocycles. The number of hydrogen-bond acceptors (Lipinski definition) is 5. The van der Waals surface area contributed by atoms with Crippen molar-refractivity contribution in [3.63, 3.8) is 0 Å². The standard InChI is InChI=1S/C23H19ClN4O2S/c1-16-10-11-22(23(14-16)31(29,30)28-21-9-5-3-7-19(21)24)27-26-15-17-12-13-25-20-8-4-2-6-18(17)20/h2-15,27-28H,1H3/b26-15+. The minimum atomic E-state index is -3.90. The molecule has 0 aliphatic carbocycles. The van der Waals surface area contributed by atoms with Crippen LogP contribution in [0, 0.1) is 6.92 Å². The van der Waals surface area contributed by atoms with E-state index >= 15 is 0 Å². The van der Waals surface area contributed by atoms with Gasteiger partial charge in [-0.3, -0.25) is 15.1 Å². The zero-order chi connectivity index (χ0) is 21.8. The van der Waals surface area contributed by atoms with Gasteiger partial charge in [-0.2, -0.15) is 5.10 Å². The zero-order valence-electron chi connectivity index (χ0n) is 16.6. The van der Waals surface area contributed by atoms with Crippen LogP contribution in [0.3, 0.4) is 0 Å². The molecule has 3 aromatic carbocycles. The molecule has 0 radical (unpaired) electrons. The summed E-state index contributed by atoms with van der Waals surface area (Å²) in [6.45, 7) is 1.82. The molecule has 0 spiro atoms. The molecule has 156 valence electrons. The molecule has 31 heavy (non-hydrogen) atoms. The highest BCUT2D eigenvalue weighted by atomic mass is 35.5. The summed E-state index contributed by atoms with van der Waals surface area (Å²) < 4.78 is 28.7. The molecule has 0 saturated carbocycles. The minimum Gasteiger partial charge on any atom is -0.278 e. The Morgan fingerprint density at radius 2 is 1.74 bits per heavy atom. The molecule has 1 heterocycles. The van der Waals surface area contributed by atoms with Gasteiger partial charge in [0.05, 0.1) is 28.1 Å². The summed E-state index contributed by atoms with van der Waals surface area (Å²) >= 11 is 6.12. The number of para-hydroxylation sites is 2. The number of pyridine rings is 1. The second-order valence-corrected chi connectivity index (χ2v) is 8.93. The van der Waals surface area contributed by atoms with E-state index < -0.39 is 10.0 Å². The Bertz CT molecular complexity index is 1380. The Kier molecular flexibility index (Phi) is 5.88. The summed E-state index contributed by atoms with van der Waals surface area (Å²) in [5, 5.41) is 5.54. The van der Waals surface area contributed by atoms with Gasteiger partial charge < -0.3 is 0 Å². The summed E-state index contributed by atoms with van der Waals surface area (Å²) in [7, 11) is -3.90. The Labute approximate surface area is 185 Å². The van der Waals surface area contributed by atoms with Crippen LogP contribution < -0.4 is 10.1 Å². The summed E-state index contributed by atoms with van der Waals surface area (Å²) in [4.78, 5) is 4.40. The van der Waals surface area contributed by atoms with Crippen molar-refractivity contribution in [2.45, 2.75) is 11.8 Å². The Morgan fingerprint density at radius 3 is 2.58 bits per heavy atom. The lowest BCUT2D eigenvalue weighted by Crippen LogP contribution is -2.15. The fourth-order valence-corrected chi connectivity index (χ4v) is 4.65. The van der Waals surface area contributed by atoms with Crippen LogP contribution in [0.15, 0.2) is 89.0 Å². The van der Waals surface area contributed by atoms with Gasteiger partial charge in [-0.15, -0.1) is 0 Å². The van der Waals surface area contributed by atoms with Crippen molar-refractivity contribution in [3.8, 4) is 0 Å². The van der Waals surface area contributed by atoms with Gasteiger partial charge in [0.1, 0.15) is 4.90 Å². The van der Waals surface area contributed by atoms with Crippen LogP contribution in [0.25, 0.3) is 10.9 Å². The van der Waals surface area contributed by atoms with Gasteiger partial charge in [-0.1, -0.05) is 48.0 Å². The van der Waals surface area contributed by atoms with Gasteiger partial charge in [-0.05, 0) is 48.9 Å². The number of sulfonamides is 1. The maximum atomic E-state index is 13.1. The van der Waals surface area contributed by atoms with Crippen LogP contribution >= 0.6 is 11.6 Å². The zero-order valence-corrected chi connectivity index (χ0v) is 18.2. The monoisotopic (exact) mass is 450 g/mol. The van der Waals surface area contributed by atoms with Gasteiger partial charge in [-0.25, -0.2) is 8.42 Å². The van der Waals surface area contributed by atoms with Gasteiger partial charge in [0, 0.05) is 17.1 Å². The minimum absolute atomic E-state index is 0.0733. The normalized spacial score (nSPS) is 11.7.